The van der Waals surface area contributed by atoms with Crippen molar-refractivity contribution in [1.29, 1.82) is 0 Å². The number of nitrogens with zero attached hydrogens (tertiary/aromatic N) is 1. The molecule has 0 aliphatic heterocycles. The summed E-state index contributed by atoms with van der Waals surface area (Å²) in [5.41, 5.74) is 1.51. The number of carbonyl (C=O) groups is 1. The van der Waals surface area contributed by atoms with Gasteiger partial charge in [0.05, 0.1) is 19.1 Å². The number of carbonyl (C=O) groups excluding carboxylic acids is 1. The topological polar surface area (TPSA) is 75.7 Å². The van der Waals surface area contributed by atoms with Crippen LogP contribution < -0.4 is 14.4 Å². The van der Waals surface area contributed by atoms with Crippen LogP contribution in [0.1, 0.15) is 18.9 Å². The van der Waals surface area contributed by atoms with Gasteiger partial charge in [0, 0.05) is 17.6 Å². The second-order valence-electron chi connectivity index (χ2n) is 6.46. The SMILES string of the molecule is COc1cccc(N([C@@H](C)C(=O)NCCCc2ccc(Cl)cc2)S(C)(=O)=O)c1. The van der Waals surface area contributed by atoms with E-state index in [0.717, 1.165) is 29.0 Å². The summed E-state index contributed by atoms with van der Waals surface area (Å²) >= 11 is 5.87. The monoisotopic (exact) mass is 424 g/mol. The van der Waals surface area contributed by atoms with Crippen LogP contribution in [0.25, 0.3) is 0 Å². The molecule has 0 spiro atoms. The molecule has 6 nitrogen and oxygen atoms in total. The number of aryl methyl sites for hydroxylation is 1. The van der Waals surface area contributed by atoms with E-state index in [9.17, 15) is 13.2 Å². The number of sulfonamides is 1. The van der Waals surface area contributed by atoms with Gasteiger partial charge in [0.25, 0.3) is 0 Å². The Morgan fingerprint density at radius 2 is 1.89 bits per heavy atom. The highest BCUT2D eigenvalue weighted by Gasteiger charge is 2.29. The van der Waals surface area contributed by atoms with E-state index >= 15 is 0 Å². The molecule has 0 bridgehead atoms. The Balaban J connectivity index is 2.00. The summed E-state index contributed by atoms with van der Waals surface area (Å²) in [5.74, 6) is 0.158. The molecule has 1 N–H and O–H groups in total. The Morgan fingerprint density at radius 1 is 1.21 bits per heavy atom. The van der Waals surface area contributed by atoms with Gasteiger partial charge >= 0.3 is 0 Å². The van der Waals surface area contributed by atoms with E-state index < -0.39 is 16.1 Å². The lowest BCUT2D eigenvalue weighted by molar-refractivity contribution is -0.121. The van der Waals surface area contributed by atoms with Crippen molar-refractivity contribution in [2.45, 2.75) is 25.8 Å². The molecule has 0 saturated heterocycles. The number of amides is 1. The second-order valence-corrected chi connectivity index (χ2v) is 8.75. The normalized spacial score (nSPS) is 12.3. The molecule has 152 valence electrons. The third-order valence-corrected chi connectivity index (χ3v) is 5.74. The van der Waals surface area contributed by atoms with Crippen molar-refractivity contribution in [2.75, 3.05) is 24.2 Å². The van der Waals surface area contributed by atoms with Crippen molar-refractivity contribution in [3.63, 3.8) is 0 Å². The number of benzene rings is 2. The fourth-order valence-corrected chi connectivity index (χ4v) is 4.15. The summed E-state index contributed by atoms with van der Waals surface area (Å²) in [6.45, 7) is 2.01. The molecule has 0 heterocycles. The highest BCUT2D eigenvalue weighted by molar-refractivity contribution is 7.92. The van der Waals surface area contributed by atoms with Crippen LogP contribution in [0.4, 0.5) is 5.69 Å². The van der Waals surface area contributed by atoms with E-state index in [0.29, 0.717) is 23.0 Å². The predicted octanol–water partition coefficient (Wildman–Crippen LogP) is 3.25. The number of methoxy groups -OCH3 is 1. The molecule has 8 heteroatoms. The molecule has 2 aromatic rings. The Bertz CT molecular complexity index is 901. The van der Waals surface area contributed by atoms with Gasteiger partial charge in [-0.25, -0.2) is 8.42 Å². The molecule has 0 unspecified atom stereocenters. The lowest BCUT2D eigenvalue weighted by atomic mass is 10.1. The Labute approximate surface area is 171 Å². The molecular weight excluding hydrogens is 400 g/mol. The number of nitrogens with one attached hydrogen (secondary N) is 1. The summed E-state index contributed by atoms with van der Waals surface area (Å²) in [6.07, 6.45) is 2.60. The quantitative estimate of drug-likeness (QED) is 0.627. The lowest BCUT2D eigenvalue weighted by Crippen LogP contribution is -2.48. The van der Waals surface area contributed by atoms with Gasteiger partial charge in [0.2, 0.25) is 15.9 Å². The van der Waals surface area contributed by atoms with Crippen molar-refractivity contribution in [2.24, 2.45) is 0 Å². The van der Waals surface area contributed by atoms with E-state index in [2.05, 4.69) is 5.32 Å². The first-order chi connectivity index (χ1) is 13.2. The van der Waals surface area contributed by atoms with Crippen molar-refractivity contribution in [1.82, 2.24) is 5.32 Å². The summed E-state index contributed by atoms with van der Waals surface area (Å²) in [6, 6.07) is 13.3. The molecule has 2 rings (SSSR count). The Morgan fingerprint density at radius 3 is 2.50 bits per heavy atom. The maximum atomic E-state index is 12.5. The van der Waals surface area contributed by atoms with Crippen LogP contribution in [0, 0.1) is 0 Å². The number of anilines is 1. The minimum Gasteiger partial charge on any atom is -0.497 e. The van der Waals surface area contributed by atoms with Gasteiger partial charge in [-0.3, -0.25) is 9.10 Å². The third kappa shape index (κ3) is 6.14. The van der Waals surface area contributed by atoms with Crippen LogP contribution in [0.15, 0.2) is 48.5 Å². The van der Waals surface area contributed by atoms with Crippen molar-refractivity contribution in [3.05, 3.63) is 59.1 Å². The van der Waals surface area contributed by atoms with Gasteiger partial charge in [-0.05, 0) is 49.6 Å². The molecule has 0 saturated carbocycles. The number of halogens is 1. The fourth-order valence-electron chi connectivity index (χ4n) is 2.86. The van der Waals surface area contributed by atoms with Crippen LogP contribution in [-0.2, 0) is 21.2 Å². The zero-order valence-electron chi connectivity index (χ0n) is 16.2. The largest absolute Gasteiger partial charge is 0.497 e. The average Bonchev–Trinajstić information content (AvgIpc) is 2.65. The van der Waals surface area contributed by atoms with Crippen molar-refractivity contribution in [3.8, 4) is 5.75 Å². The summed E-state index contributed by atoms with van der Waals surface area (Å²) in [7, 11) is -2.16. The predicted molar refractivity (Wildman–Crippen MR) is 113 cm³/mol. The first kappa shape index (κ1) is 22.0. The molecule has 0 aliphatic rings. The van der Waals surface area contributed by atoms with Gasteiger partial charge in [-0.1, -0.05) is 29.8 Å². The van der Waals surface area contributed by atoms with E-state index in [1.165, 1.54) is 7.11 Å². The van der Waals surface area contributed by atoms with E-state index in [-0.39, 0.29) is 5.91 Å². The highest BCUT2D eigenvalue weighted by atomic mass is 35.5. The standard InChI is InChI=1S/C20H25ClN2O4S/c1-15(20(24)22-13-5-6-16-9-11-17(21)12-10-16)23(28(3,25)26)18-7-4-8-19(14-18)27-2/h4,7-12,14-15H,5-6,13H2,1-3H3,(H,22,24)/t15-/m0/s1. The zero-order chi connectivity index (χ0) is 20.7. The molecular formula is C20H25ClN2O4S. The van der Waals surface area contributed by atoms with Gasteiger partial charge < -0.3 is 10.1 Å². The number of rotatable bonds is 9. The highest BCUT2D eigenvalue weighted by Crippen LogP contribution is 2.25. The summed E-state index contributed by atoms with van der Waals surface area (Å²) < 4.78 is 30.9. The first-order valence-corrected chi connectivity index (χ1v) is 11.1. The van der Waals surface area contributed by atoms with Gasteiger partial charge in [0.1, 0.15) is 11.8 Å². The maximum absolute atomic E-state index is 12.5. The first-order valence-electron chi connectivity index (χ1n) is 8.88. The van der Waals surface area contributed by atoms with E-state index in [1.807, 2.05) is 24.3 Å². The molecule has 2 aromatic carbocycles. The molecule has 0 aromatic heterocycles. The molecule has 28 heavy (non-hydrogen) atoms. The van der Waals surface area contributed by atoms with Crippen LogP contribution in [-0.4, -0.2) is 40.3 Å². The van der Waals surface area contributed by atoms with Crippen molar-refractivity contribution < 1.29 is 17.9 Å². The smallest absolute Gasteiger partial charge is 0.243 e. The van der Waals surface area contributed by atoms with Crippen LogP contribution in [0.3, 0.4) is 0 Å². The Kier molecular flexibility index (Phi) is 7.71. The molecule has 0 radical (unpaired) electrons. The molecule has 0 fully saturated rings. The number of hydrogen-bond donors (Lipinski definition) is 1. The van der Waals surface area contributed by atoms with Crippen LogP contribution >= 0.6 is 11.6 Å². The van der Waals surface area contributed by atoms with E-state index in [4.69, 9.17) is 16.3 Å². The number of hydrogen-bond acceptors (Lipinski definition) is 4. The summed E-state index contributed by atoms with van der Waals surface area (Å²) in [4.78, 5) is 12.5. The fraction of sp³-hybridized carbons (Fsp3) is 0.350. The van der Waals surface area contributed by atoms with Crippen LogP contribution in [0.5, 0.6) is 5.75 Å². The van der Waals surface area contributed by atoms with Crippen molar-refractivity contribution >= 4 is 33.2 Å². The minimum absolute atomic E-state index is 0.357. The average molecular weight is 425 g/mol. The zero-order valence-corrected chi connectivity index (χ0v) is 17.8. The minimum atomic E-state index is -3.66. The number of ether oxygens (including phenoxy) is 1. The van der Waals surface area contributed by atoms with E-state index in [1.54, 1.807) is 31.2 Å². The van der Waals surface area contributed by atoms with Gasteiger partial charge in [-0.2, -0.15) is 0 Å². The van der Waals surface area contributed by atoms with Gasteiger partial charge in [0.15, 0.2) is 0 Å². The Hall–Kier alpha value is -2.25. The third-order valence-electron chi connectivity index (χ3n) is 4.25. The van der Waals surface area contributed by atoms with Gasteiger partial charge in [-0.15, -0.1) is 0 Å². The molecule has 1 amide bonds. The summed E-state index contributed by atoms with van der Waals surface area (Å²) in [5, 5.41) is 3.50. The molecule has 0 aliphatic carbocycles. The second kappa shape index (κ2) is 9.80. The lowest BCUT2D eigenvalue weighted by Gasteiger charge is -2.28. The van der Waals surface area contributed by atoms with Crippen LogP contribution in [0.2, 0.25) is 5.02 Å². The molecule has 1 atom stereocenters. The maximum Gasteiger partial charge on any atom is 0.243 e.